The van der Waals surface area contributed by atoms with Gasteiger partial charge >= 0.3 is 6.09 Å². The lowest BCUT2D eigenvalue weighted by atomic mass is 9.92. The molecule has 1 aromatic rings. The first kappa shape index (κ1) is 32.2. The predicted octanol–water partition coefficient (Wildman–Crippen LogP) is 5.17. The molecule has 40 heavy (non-hydrogen) atoms. The standard InChI is InChI=1S/C31H49ClN4O4/c1-21(2)28(37)36(25-10-8-7-9-11-25)26-16-17-35(20-26)29(38)27(18-23-12-14-24(32)15-13-23)33-19-22(3)34-30(39)40-31(4,5)6/h12-15,21-22,25-27,33H,7-11,16-20H2,1-6H3,(H,34,39)/t22?,26-,27+/m0/s1. The van der Waals surface area contributed by atoms with E-state index in [1.54, 1.807) is 0 Å². The molecule has 1 aromatic carbocycles. The number of alkyl carbamates (subject to hydrolysis) is 1. The van der Waals surface area contributed by atoms with Crippen LogP contribution in [0.25, 0.3) is 0 Å². The number of benzene rings is 1. The van der Waals surface area contributed by atoms with Gasteiger partial charge in [-0.25, -0.2) is 4.79 Å². The SMILES string of the molecule is CC(CN[C@H](Cc1ccc(Cl)cc1)C(=O)N1CC[C@H](N(C(=O)C(C)C)C2CCCCC2)C1)NC(=O)OC(C)(C)C. The molecular weight excluding hydrogens is 528 g/mol. The van der Waals surface area contributed by atoms with Crippen LogP contribution < -0.4 is 10.6 Å². The molecule has 0 aromatic heterocycles. The fourth-order valence-corrected chi connectivity index (χ4v) is 5.81. The zero-order valence-corrected chi connectivity index (χ0v) is 25.9. The number of nitrogens with one attached hydrogen (secondary N) is 2. The molecule has 2 fully saturated rings. The molecule has 1 aliphatic heterocycles. The Labute approximate surface area is 245 Å². The Morgan fingerprint density at radius 1 is 1.02 bits per heavy atom. The summed E-state index contributed by atoms with van der Waals surface area (Å²) in [7, 11) is 0. The van der Waals surface area contributed by atoms with Crippen molar-refractivity contribution < 1.29 is 19.1 Å². The van der Waals surface area contributed by atoms with Crippen LogP contribution in [0.4, 0.5) is 4.79 Å². The topological polar surface area (TPSA) is 91.0 Å². The second kappa shape index (κ2) is 14.5. The molecule has 1 saturated heterocycles. The van der Waals surface area contributed by atoms with Gasteiger partial charge in [-0.15, -0.1) is 0 Å². The van der Waals surface area contributed by atoms with Crippen LogP contribution >= 0.6 is 11.6 Å². The van der Waals surface area contributed by atoms with Crippen molar-refractivity contribution in [2.75, 3.05) is 19.6 Å². The summed E-state index contributed by atoms with van der Waals surface area (Å²) in [5.74, 6) is 0.150. The molecule has 0 radical (unpaired) electrons. The average Bonchev–Trinajstić information content (AvgIpc) is 3.36. The smallest absolute Gasteiger partial charge is 0.407 e. The summed E-state index contributed by atoms with van der Waals surface area (Å²) < 4.78 is 5.37. The van der Waals surface area contributed by atoms with E-state index in [-0.39, 0.29) is 35.9 Å². The maximum Gasteiger partial charge on any atom is 0.407 e. The van der Waals surface area contributed by atoms with Crippen LogP contribution in [0.3, 0.4) is 0 Å². The van der Waals surface area contributed by atoms with Crippen molar-refractivity contribution in [2.24, 2.45) is 5.92 Å². The minimum absolute atomic E-state index is 0.0162. The summed E-state index contributed by atoms with van der Waals surface area (Å²) in [5.41, 5.74) is 0.413. The molecule has 2 N–H and O–H groups in total. The van der Waals surface area contributed by atoms with Gasteiger partial charge in [0, 0.05) is 42.7 Å². The number of likely N-dealkylation sites (tertiary alicyclic amines) is 1. The van der Waals surface area contributed by atoms with Gasteiger partial charge < -0.3 is 25.2 Å². The minimum atomic E-state index is -0.584. The van der Waals surface area contributed by atoms with E-state index in [1.165, 1.54) is 6.42 Å². The maximum atomic E-state index is 13.9. The van der Waals surface area contributed by atoms with E-state index in [0.29, 0.717) is 31.1 Å². The van der Waals surface area contributed by atoms with Gasteiger partial charge in [0.15, 0.2) is 0 Å². The van der Waals surface area contributed by atoms with Gasteiger partial charge in [-0.1, -0.05) is 56.8 Å². The maximum absolute atomic E-state index is 13.9. The Kier molecular flexibility index (Phi) is 11.7. The first-order chi connectivity index (χ1) is 18.8. The van der Waals surface area contributed by atoms with Crippen molar-refractivity contribution >= 4 is 29.5 Å². The molecule has 1 unspecified atom stereocenters. The lowest BCUT2D eigenvalue weighted by Gasteiger charge is -2.39. The molecule has 3 amide bonds. The third kappa shape index (κ3) is 9.65. The zero-order chi connectivity index (χ0) is 29.4. The van der Waals surface area contributed by atoms with Gasteiger partial charge in [-0.2, -0.15) is 0 Å². The number of carbonyl (C=O) groups excluding carboxylic acids is 3. The third-order valence-electron chi connectivity index (χ3n) is 7.67. The van der Waals surface area contributed by atoms with E-state index < -0.39 is 17.7 Å². The van der Waals surface area contributed by atoms with Crippen molar-refractivity contribution in [3.05, 3.63) is 34.9 Å². The summed E-state index contributed by atoms with van der Waals surface area (Å²) >= 11 is 6.09. The van der Waals surface area contributed by atoms with E-state index >= 15 is 0 Å². The van der Waals surface area contributed by atoms with Gasteiger partial charge in [0.25, 0.3) is 0 Å². The largest absolute Gasteiger partial charge is 0.444 e. The molecule has 0 spiro atoms. The van der Waals surface area contributed by atoms with Crippen molar-refractivity contribution in [3.8, 4) is 0 Å². The minimum Gasteiger partial charge on any atom is -0.444 e. The number of rotatable bonds is 10. The highest BCUT2D eigenvalue weighted by Gasteiger charge is 2.39. The van der Waals surface area contributed by atoms with E-state index in [4.69, 9.17) is 16.3 Å². The lowest BCUT2D eigenvalue weighted by Crippen LogP contribution is -2.53. The number of halogens is 1. The number of hydrogen-bond donors (Lipinski definition) is 2. The molecular formula is C31H49ClN4O4. The van der Waals surface area contributed by atoms with Crippen LogP contribution in [-0.2, 0) is 20.7 Å². The molecule has 8 nitrogen and oxygen atoms in total. The summed E-state index contributed by atoms with van der Waals surface area (Å²) in [6, 6.07) is 7.13. The zero-order valence-electron chi connectivity index (χ0n) is 25.2. The highest BCUT2D eigenvalue weighted by Crippen LogP contribution is 2.29. The number of hydrogen-bond acceptors (Lipinski definition) is 5. The van der Waals surface area contributed by atoms with E-state index in [0.717, 1.165) is 37.7 Å². The Morgan fingerprint density at radius 2 is 1.68 bits per heavy atom. The molecule has 224 valence electrons. The first-order valence-corrected chi connectivity index (χ1v) is 15.3. The molecule has 1 saturated carbocycles. The highest BCUT2D eigenvalue weighted by atomic mass is 35.5. The first-order valence-electron chi connectivity index (χ1n) is 14.9. The summed E-state index contributed by atoms with van der Waals surface area (Å²) in [6.07, 6.45) is 6.45. The number of carbonyl (C=O) groups is 3. The van der Waals surface area contributed by atoms with E-state index in [9.17, 15) is 14.4 Å². The Bertz CT molecular complexity index is 988. The second-order valence-electron chi connectivity index (χ2n) is 12.8. The molecule has 2 aliphatic rings. The van der Waals surface area contributed by atoms with Crippen molar-refractivity contribution in [1.29, 1.82) is 0 Å². The molecule has 0 bridgehead atoms. The van der Waals surface area contributed by atoms with Crippen molar-refractivity contribution in [3.63, 3.8) is 0 Å². The number of amides is 3. The summed E-state index contributed by atoms with van der Waals surface area (Å²) in [6.45, 7) is 12.9. The molecule has 9 heteroatoms. The Balaban J connectivity index is 1.69. The van der Waals surface area contributed by atoms with Crippen LogP contribution in [-0.4, -0.2) is 77.1 Å². The van der Waals surface area contributed by atoms with Crippen molar-refractivity contribution in [2.45, 2.75) is 116 Å². The monoisotopic (exact) mass is 576 g/mol. The van der Waals surface area contributed by atoms with Gasteiger partial charge in [-0.05, 0) is 71.1 Å². The van der Waals surface area contributed by atoms with Crippen LogP contribution in [0, 0.1) is 5.92 Å². The highest BCUT2D eigenvalue weighted by molar-refractivity contribution is 6.30. The van der Waals surface area contributed by atoms with Crippen LogP contribution in [0.5, 0.6) is 0 Å². The quantitative estimate of drug-likeness (QED) is 0.401. The Morgan fingerprint density at radius 3 is 2.27 bits per heavy atom. The molecule has 1 aliphatic carbocycles. The van der Waals surface area contributed by atoms with Crippen molar-refractivity contribution in [1.82, 2.24) is 20.4 Å². The third-order valence-corrected chi connectivity index (χ3v) is 7.92. The normalized spacial score (nSPS) is 19.8. The number of nitrogens with zero attached hydrogens (tertiary/aromatic N) is 2. The lowest BCUT2D eigenvalue weighted by molar-refractivity contribution is -0.141. The molecule has 3 atom stereocenters. The van der Waals surface area contributed by atoms with Crippen LogP contribution in [0.2, 0.25) is 5.02 Å². The summed E-state index contributed by atoms with van der Waals surface area (Å²) in [4.78, 5) is 43.5. The second-order valence-corrected chi connectivity index (χ2v) is 13.2. The predicted molar refractivity (Wildman–Crippen MR) is 159 cm³/mol. The van der Waals surface area contributed by atoms with Gasteiger partial charge in [0.05, 0.1) is 12.1 Å². The Hall–Kier alpha value is -2.32. The fourth-order valence-electron chi connectivity index (χ4n) is 5.69. The van der Waals surface area contributed by atoms with Gasteiger partial charge in [-0.3, -0.25) is 9.59 Å². The fraction of sp³-hybridized carbons (Fsp3) is 0.710. The van der Waals surface area contributed by atoms with Crippen LogP contribution in [0.15, 0.2) is 24.3 Å². The number of ether oxygens (including phenoxy) is 1. The van der Waals surface area contributed by atoms with E-state index in [2.05, 4.69) is 15.5 Å². The van der Waals surface area contributed by atoms with Crippen LogP contribution in [0.1, 0.15) is 85.6 Å². The van der Waals surface area contributed by atoms with Gasteiger partial charge in [0.1, 0.15) is 5.60 Å². The average molecular weight is 577 g/mol. The molecule has 3 rings (SSSR count). The van der Waals surface area contributed by atoms with E-state index in [1.807, 2.05) is 70.7 Å². The summed E-state index contributed by atoms with van der Waals surface area (Å²) in [5, 5.41) is 6.89. The van der Waals surface area contributed by atoms with Gasteiger partial charge in [0.2, 0.25) is 11.8 Å². The molecule has 1 heterocycles.